The molecular weight excluding hydrogens is 514 g/mol. The highest BCUT2D eigenvalue weighted by atomic mass is 32.2. The average molecular weight is 546 g/mol. The summed E-state index contributed by atoms with van der Waals surface area (Å²) in [7, 11) is -3.93. The number of carbonyl (C=O) groups is 2. The molecule has 0 amide bonds. The van der Waals surface area contributed by atoms with Crippen molar-refractivity contribution >= 4 is 32.9 Å². The van der Waals surface area contributed by atoms with E-state index in [1.165, 1.54) is 3.97 Å². The first-order valence-corrected chi connectivity index (χ1v) is 14.5. The molecule has 8 heteroatoms. The molecule has 0 spiro atoms. The van der Waals surface area contributed by atoms with Gasteiger partial charge in [-0.1, -0.05) is 67.6 Å². The molecule has 0 aliphatic heterocycles. The van der Waals surface area contributed by atoms with Crippen LogP contribution in [0.15, 0.2) is 90.0 Å². The number of carbonyl (C=O) groups excluding carboxylic acids is 2. The van der Waals surface area contributed by atoms with E-state index in [9.17, 15) is 18.0 Å². The Labute approximate surface area is 228 Å². The van der Waals surface area contributed by atoms with Crippen LogP contribution < -0.4 is 0 Å². The van der Waals surface area contributed by atoms with Gasteiger partial charge >= 0.3 is 11.9 Å². The third-order valence-electron chi connectivity index (χ3n) is 7.66. The van der Waals surface area contributed by atoms with E-state index >= 15 is 0 Å². The van der Waals surface area contributed by atoms with Gasteiger partial charge in [0.1, 0.15) is 0 Å². The summed E-state index contributed by atoms with van der Waals surface area (Å²) in [5, 5.41) is 0.720. The first kappa shape index (κ1) is 26.7. The van der Waals surface area contributed by atoms with Crippen LogP contribution in [0.5, 0.6) is 0 Å². The molecule has 7 nitrogen and oxygen atoms in total. The van der Waals surface area contributed by atoms with Gasteiger partial charge in [-0.15, -0.1) is 0 Å². The lowest BCUT2D eigenvalue weighted by Gasteiger charge is -2.44. The molecule has 0 saturated carbocycles. The van der Waals surface area contributed by atoms with E-state index in [0.29, 0.717) is 11.1 Å². The summed E-state index contributed by atoms with van der Waals surface area (Å²) in [5.41, 5.74) is 0.438. The standard InChI is InChI=1S/C31H31NO6S/c1-4-37-28(33)31(29(34)38-5-2)19-22-13-9-11-17-25(22)30(3,21-31)26-20-32(27-18-12-10-16-24(26)27)39(35,36)23-14-7-6-8-15-23/h6-18,20H,4-5,19,21H2,1-3H3. The minimum Gasteiger partial charge on any atom is -0.465 e. The van der Waals surface area contributed by atoms with Crippen LogP contribution in [-0.2, 0) is 40.9 Å². The minimum absolute atomic E-state index is 0.0636. The highest BCUT2D eigenvalue weighted by Crippen LogP contribution is 2.52. The molecule has 3 aromatic carbocycles. The van der Waals surface area contributed by atoms with E-state index < -0.39 is 32.8 Å². The molecule has 1 aliphatic rings. The molecule has 0 bridgehead atoms. The number of ether oxygens (including phenoxy) is 2. The zero-order valence-electron chi connectivity index (χ0n) is 22.2. The van der Waals surface area contributed by atoms with Gasteiger partial charge in [-0.25, -0.2) is 12.4 Å². The highest BCUT2D eigenvalue weighted by molar-refractivity contribution is 7.90. The van der Waals surface area contributed by atoms with Gasteiger partial charge < -0.3 is 9.47 Å². The SMILES string of the molecule is CCOC(=O)C1(C(=O)OCC)Cc2ccccc2C(C)(c2cn(S(=O)(=O)c3ccccc3)c3ccccc23)C1. The third-order valence-corrected chi connectivity index (χ3v) is 9.35. The molecule has 1 unspecified atom stereocenters. The largest absolute Gasteiger partial charge is 0.465 e. The van der Waals surface area contributed by atoms with Crippen LogP contribution >= 0.6 is 0 Å². The summed E-state index contributed by atoms with van der Waals surface area (Å²) in [5.74, 6) is -1.27. The quantitative estimate of drug-likeness (QED) is 0.233. The zero-order chi connectivity index (χ0) is 27.8. The maximum absolute atomic E-state index is 13.8. The van der Waals surface area contributed by atoms with Gasteiger partial charge in [-0.05, 0) is 61.6 Å². The van der Waals surface area contributed by atoms with Crippen molar-refractivity contribution < 1.29 is 27.5 Å². The molecule has 1 heterocycles. The Morgan fingerprint density at radius 3 is 2.08 bits per heavy atom. The zero-order valence-corrected chi connectivity index (χ0v) is 23.0. The smallest absolute Gasteiger partial charge is 0.323 e. The van der Waals surface area contributed by atoms with Gasteiger partial charge in [0.05, 0.1) is 23.6 Å². The van der Waals surface area contributed by atoms with Crippen LogP contribution in [0.1, 0.15) is 43.9 Å². The second-order valence-corrected chi connectivity index (χ2v) is 11.9. The van der Waals surface area contributed by atoms with E-state index in [1.54, 1.807) is 62.5 Å². The molecule has 0 saturated heterocycles. The lowest BCUT2D eigenvalue weighted by Crippen LogP contribution is -2.51. The predicted molar refractivity (Wildman–Crippen MR) is 148 cm³/mol. The number of hydrogen-bond acceptors (Lipinski definition) is 6. The predicted octanol–water partition coefficient (Wildman–Crippen LogP) is 5.24. The lowest BCUT2D eigenvalue weighted by molar-refractivity contribution is -0.174. The van der Waals surface area contributed by atoms with Crippen molar-refractivity contribution in [3.8, 4) is 0 Å². The number of nitrogens with zero attached hydrogens (tertiary/aromatic N) is 1. The van der Waals surface area contributed by atoms with Crippen LogP contribution in [-0.4, -0.2) is 37.5 Å². The number of benzene rings is 3. The van der Waals surface area contributed by atoms with E-state index in [4.69, 9.17) is 9.47 Å². The fourth-order valence-corrected chi connectivity index (χ4v) is 7.33. The number of fused-ring (bicyclic) bond motifs is 2. The van der Waals surface area contributed by atoms with Crippen molar-refractivity contribution in [2.24, 2.45) is 5.41 Å². The van der Waals surface area contributed by atoms with Crippen LogP contribution in [0, 0.1) is 5.41 Å². The molecule has 1 aliphatic carbocycles. The van der Waals surface area contributed by atoms with Crippen molar-refractivity contribution in [2.45, 2.75) is 43.9 Å². The Morgan fingerprint density at radius 1 is 0.821 bits per heavy atom. The van der Waals surface area contributed by atoms with Crippen LogP contribution in [0.4, 0.5) is 0 Å². The molecular formula is C31H31NO6S. The second-order valence-electron chi connectivity index (χ2n) is 10.0. The molecule has 39 heavy (non-hydrogen) atoms. The molecule has 4 aromatic rings. The Kier molecular flexibility index (Phi) is 6.84. The minimum atomic E-state index is -3.93. The second kappa shape index (κ2) is 10.0. The molecule has 1 atom stereocenters. The third kappa shape index (κ3) is 4.23. The molecule has 0 fully saturated rings. The Morgan fingerprint density at radius 2 is 1.41 bits per heavy atom. The maximum atomic E-state index is 13.8. The van der Waals surface area contributed by atoms with Gasteiger partial charge in [0.2, 0.25) is 0 Å². The monoisotopic (exact) mass is 545 g/mol. The normalized spacial score (nSPS) is 18.3. The van der Waals surface area contributed by atoms with E-state index in [-0.39, 0.29) is 31.0 Å². The van der Waals surface area contributed by atoms with E-state index in [2.05, 4.69) is 0 Å². The Balaban J connectivity index is 1.79. The maximum Gasteiger partial charge on any atom is 0.323 e. The number of esters is 2. The van der Waals surface area contributed by atoms with Crippen molar-refractivity contribution in [3.63, 3.8) is 0 Å². The van der Waals surface area contributed by atoms with Crippen molar-refractivity contribution in [3.05, 3.63) is 102 Å². The number of aromatic nitrogens is 1. The molecule has 0 N–H and O–H groups in total. The number of para-hydroxylation sites is 1. The van der Waals surface area contributed by atoms with Gasteiger partial charge in [0.25, 0.3) is 10.0 Å². The first-order chi connectivity index (χ1) is 18.7. The highest BCUT2D eigenvalue weighted by Gasteiger charge is 2.57. The van der Waals surface area contributed by atoms with Crippen molar-refractivity contribution in [1.29, 1.82) is 0 Å². The van der Waals surface area contributed by atoms with E-state index in [0.717, 1.165) is 16.5 Å². The van der Waals surface area contributed by atoms with Gasteiger partial charge in [-0.3, -0.25) is 9.59 Å². The molecule has 5 rings (SSSR count). The van der Waals surface area contributed by atoms with Crippen molar-refractivity contribution in [1.82, 2.24) is 3.97 Å². The Bertz CT molecular complexity index is 1640. The fourth-order valence-electron chi connectivity index (χ4n) is 5.94. The van der Waals surface area contributed by atoms with Gasteiger partial charge in [-0.2, -0.15) is 0 Å². The summed E-state index contributed by atoms with van der Waals surface area (Å²) in [6.07, 6.45) is 1.83. The summed E-state index contributed by atoms with van der Waals surface area (Å²) >= 11 is 0. The fraction of sp³-hybridized carbons (Fsp3) is 0.290. The van der Waals surface area contributed by atoms with Crippen LogP contribution in [0.3, 0.4) is 0 Å². The molecule has 202 valence electrons. The summed E-state index contributed by atoms with van der Waals surface area (Å²) in [6, 6.07) is 23.2. The van der Waals surface area contributed by atoms with Crippen molar-refractivity contribution in [2.75, 3.05) is 13.2 Å². The van der Waals surface area contributed by atoms with Gasteiger partial charge in [0, 0.05) is 17.0 Å². The molecule has 0 radical (unpaired) electrons. The first-order valence-electron chi connectivity index (χ1n) is 13.0. The van der Waals surface area contributed by atoms with Gasteiger partial charge in [0.15, 0.2) is 5.41 Å². The molecule has 1 aromatic heterocycles. The summed E-state index contributed by atoms with van der Waals surface area (Å²) < 4.78 is 39.9. The van der Waals surface area contributed by atoms with Crippen LogP contribution in [0.2, 0.25) is 0 Å². The summed E-state index contributed by atoms with van der Waals surface area (Å²) in [6.45, 7) is 5.60. The summed E-state index contributed by atoms with van der Waals surface area (Å²) in [4.78, 5) is 27.3. The Hall–Kier alpha value is -3.91. The average Bonchev–Trinajstić information content (AvgIpc) is 3.35. The number of rotatable bonds is 7. The topological polar surface area (TPSA) is 91.7 Å². The number of hydrogen-bond donors (Lipinski definition) is 0. The van der Waals surface area contributed by atoms with Crippen LogP contribution in [0.25, 0.3) is 10.9 Å². The lowest BCUT2D eigenvalue weighted by atomic mass is 9.58. The van der Waals surface area contributed by atoms with E-state index in [1.807, 2.05) is 43.3 Å².